The van der Waals surface area contributed by atoms with Gasteiger partial charge >= 0.3 is 5.97 Å². The molecule has 2 N–H and O–H groups in total. The van der Waals surface area contributed by atoms with Gasteiger partial charge < -0.3 is 24.3 Å². The molecule has 1 aromatic heterocycles. The van der Waals surface area contributed by atoms with Crippen LogP contribution >= 0.6 is 23.2 Å². The monoisotopic (exact) mass is 401 g/mol. The minimum absolute atomic E-state index is 0.199. The Labute approximate surface area is 159 Å². The molecule has 1 saturated heterocycles. The van der Waals surface area contributed by atoms with E-state index < -0.39 is 30.5 Å². The van der Waals surface area contributed by atoms with Gasteiger partial charge in [0, 0.05) is 23.6 Å². The quantitative estimate of drug-likeness (QED) is 0.602. The second-order valence-corrected chi connectivity index (χ2v) is 6.93. The molecule has 7 nitrogen and oxygen atoms in total. The largest absolute Gasteiger partial charge is 0.463 e. The lowest BCUT2D eigenvalue weighted by molar-refractivity contribution is -0.147. The smallest absolute Gasteiger partial charge is 0.302 e. The highest BCUT2D eigenvalue weighted by atomic mass is 35.5. The fourth-order valence-electron chi connectivity index (χ4n) is 3.21. The van der Waals surface area contributed by atoms with E-state index in [1.807, 2.05) is 0 Å². The molecular formula is C17H17Cl2NO6. The second kappa shape index (κ2) is 7.17. The van der Waals surface area contributed by atoms with Crippen molar-refractivity contribution in [1.82, 2.24) is 4.57 Å². The van der Waals surface area contributed by atoms with E-state index >= 15 is 0 Å². The summed E-state index contributed by atoms with van der Waals surface area (Å²) in [5, 5.41) is 21.8. The Bertz CT molecular complexity index is 880. The van der Waals surface area contributed by atoms with Crippen LogP contribution < -0.4 is 0 Å². The standard InChI is InChI=1S/C17H17Cl2NO6/c1-7-10(5-21)9-3-11(18)12(19)4-13(9)20(7)17-16(24)15(23)14(26-17)6-25-8(2)22/h3-5,14-17,23-24H,6H2,1-2H3/t14-,15?,16+,17-/m1/s1. The van der Waals surface area contributed by atoms with Gasteiger partial charge in [-0.05, 0) is 19.1 Å². The summed E-state index contributed by atoms with van der Waals surface area (Å²) >= 11 is 12.2. The average Bonchev–Trinajstić information content (AvgIpc) is 3.00. The topological polar surface area (TPSA) is 98.0 Å². The summed E-state index contributed by atoms with van der Waals surface area (Å²) in [4.78, 5) is 22.5. The molecule has 0 spiro atoms. The molecular weight excluding hydrogens is 385 g/mol. The molecule has 1 aromatic carbocycles. The Morgan fingerprint density at radius 2 is 1.96 bits per heavy atom. The van der Waals surface area contributed by atoms with E-state index in [4.69, 9.17) is 32.7 Å². The van der Waals surface area contributed by atoms with E-state index in [0.29, 0.717) is 33.5 Å². The number of benzene rings is 1. The van der Waals surface area contributed by atoms with Gasteiger partial charge in [0.25, 0.3) is 0 Å². The lowest BCUT2D eigenvalue weighted by Gasteiger charge is -2.20. The summed E-state index contributed by atoms with van der Waals surface area (Å²) in [5.41, 5.74) is 1.44. The van der Waals surface area contributed by atoms with Crippen molar-refractivity contribution < 1.29 is 29.3 Å². The minimum atomic E-state index is -1.29. The summed E-state index contributed by atoms with van der Waals surface area (Å²) in [5.74, 6) is -0.522. The van der Waals surface area contributed by atoms with E-state index in [-0.39, 0.29) is 11.6 Å². The van der Waals surface area contributed by atoms with E-state index in [1.165, 1.54) is 6.92 Å². The van der Waals surface area contributed by atoms with Crippen LogP contribution in [0.4, 0.5) is 0 Å². The maximum absolute atomic E-state index is 11.6. The highest BCUT2D eigenvalue weighted by Crippen LogP contribution is 2.38. The molecule has 26 heavy (non-hydrogen) atoms. The van der Waals surface area contributed by atoms with Crippen LogP contribution in [0.25, 0.3) is 10.9 Å². The summed E-state index contributed by atoms with van der Waals surface area (Å²) in [7, 11) is 0. The molecule has 1 fully saturated rings. The zero-order valence-corrected chi connectivity index (χ0v) is 15.5. The lowest BCUT2D eigenvalue weighted by atomic mass is 10.1. The maximum atomic E-state index is 11.6. The number of hydrogen-bond donors (Lipinski definition) is 2. The first-order valence-electron chi connectivity index (χ1n) is 7.86. The third-order valence-electron chi connectivity index (χ3n) is 4.50. The lowest BCUT2D eigenvalue weighted by Crippen LogP contribution is -2.34. The number of nitrogens with zero attached hydrogens (tertiary/aromatic N) is 1. The van der Waals surface area contributed by atoms with E-state index in [2.05, 4.69) is 0 Å². The van der Waals surface area contributed by atoms with Gasteiger partial charge in [0.15, 0.2) is 12.5 Å². The Morgan fingerprint density at radius 3 is 2.58 bits per heavy atom. The van der Waals surface area contributed by atoms with Gasteiger partial charge in [-0.3, -0.25) is 9.59 Å². The number of aliphatic hydroxyl groups is 2. The molecule has 0 aliphatic carbocycles. The summed E-state index contributed by atoms with van der Waals surface area (Å²) in [6.45, 7) is 2.73. The molecule has 4 atom stereocenters. The van der Waals surface area contributed by atoms with Crippen LogP contribution in [-0.2, 0) is 14.3 Å². The van der Waals surface area contributed by atoms with Crippen molar-refractivity contribution in [3.05, 3.63) is 33.4 Å². The van der Waals surface area contributed by atoms with Crippen LogP contribution in [0.3, 0.4) is 0 Å². The Morgan fingerprint density at radius 1 is 1.31 bits per heavy atom. The molecule has 2 heterocycles. The van der Waals surface area contributed by atoms with Crippen molar-refractivity contribution in [3.8, 4) is 0 Å². The summed E-state index contributed by atoms with van der Waals surface area (Å²) in [6, 6.07) is 3.14. The number of ether oxygens (including phenoxy) is 2. The molecule has 0 saturated carbocycles. The molecule has 0 radical (unpaired) electrons. The molecule has 3 rings (SSSR count). The summed E-state index contributed by atoms with van der Waals surface area (Å²) in [6.07, 6.45) is -3.76. The number of aldehydes is 1. The van der Waals surface area contributed by atoms with Gasteiger partial charge in [-0.2, -0.15) is 0 Å². The molecule has 1 aliphatic heterocycles. The number of halogens is 2. The van der Waals surface area contributed by atoms with Crippen LogP contribution in [-0.4, -0.2) is 52.0 Å². The summed E-state index contributed by atoms with van der Waals surface area (Å²) < 4.78 is 12.2. The molecule has 1 unspecified atom stereocenters. The van der Waals surface area contributed by atoms with Crippen LogP contribution in [0.1, 0.15) is 29.2 Å². The van der Waals surface area contributed by atoms with Crippen LogP contribution in [0, 0.1) is 6.92 Å². The normalized spacial score (nSPS) is 25.6. The van der Waals surface area contributed by atoms with Gasteiger partial charge in [0.2, 0.25) is 0 Å². The number of carbonyl (C=O) groups is 2. The Hall–Kier alpha value is -1.64. The average molecular weight is 402 g/mol. The molecule has 0 amide bonds. The molecule has 1 aliphatic rings. The number of aromatic nitrogens is 1. The predicted octanol–water partition coefficient (Wildman–Crippen LogP) is 2.25. The van der Waals surface area contributed by atoms with Gasteiger partial charge in [0.05, 0.1) is 15.6 Å². The fraction of sp³-hybridized carbons (Fsp3) is 0.412. The SMILES string of the molecule is CC(=O)OC[C@H]1O[C@@H](n2c(C)c(C=O)c3cc(Cl)c(Cl)cc32)[C@@H](O)C1O. The number of rotatable bonds is 4. The first-order valence-corrected chi connectivity index (χ1v) is 8.61. The predicted molar refractivity (Wildman–Crippen MR) is 94.6 cm³/mol. The van der Waals surface area contributed by atoms with Gasteiger partial charge in [0.1, 0.15) is 24.9 Å². The van der Waals surface area contributed by atoms with E-state index in [1.54, 1.807) is 23.6 Å². The highest BCUT2D eigenvalue weighted by Gasteiger charge is 2.45. The first-order chi connectivity index (χ1) is 12.3. The minimum Gasteiger partial charge on any atom is -0.463 e. The third kappa shape index (κ3) is 3.10. The molecule has 2 aromatic rings. The maximum Gasteiger partial charge on any atom is 0.302 e. The van der Waals surface area contributed by atoms with Crippen molar-refractivity contribution in [1.29, 1.82) is 0 Å². The third-order valence-corrected chi connectivity index (χ3v) is 5.22. The second-order valence-electron chi connectivity index (χ2n) is 6.12. The van der Waals surface area contributed by atoms with Crippen molar-refractivity contribution in [3.63, 3.8) is 0 Å². The molecule has 140 valence electrons. The molecule has 9 heteroatoms. The first kappa shape index (κ1) is 19.1. The number of carbonyl (C=O) groups excluding carboxylic acids is 2. The zero-order chi connectivity index (χ0) is 19.2. The zero-order valence-electron chi connectivity index (χ0n) is 14.0. The van der Waals surface area contributed by atoms with E-state index in [0.717, 1.165) is 0 Å². The fourth-order valence-corrected chi connectivity index (χ4v) is 3.53. The van der Waals surface area contributed by atoms with Crippen molar-refractivity contribution in [2.45, 2.75) is 38.4 Å². The number of esters is 1. The van der Waals surface area contributed by atoms with Gasteiger partial charge in [-0.15, -0.1) is 0 Å². The van der Waals surface area contributed by atoms with Crippen LogP contribution in [0.15, 0.2) is 12.1 Å². The molecule has 0 bridgehead atoms. The van der Waals surface area contributed by atoms with Gasteiger partial charge in [-0.25, -0.2) is 0 Å². The van der Waals surface area contributed by atoms with Crippen molar-refractivity contribution in [2.24, 2.45) is 0 Å². The van der Waals surface area contributed by atoms with Gasteiger partial charge in [-0.1, -0.05) is 23.2 Å². The van der Waals surface area contributed by atoms with E-state index in [9.17, 15) is 19.8 Å². The highest BCUT2D eigenvalue weighted by molar-refractivity contribution is 6.42. The number of fused-ring (bicyclic) bond motifs is 1. The Kier molecular flexibility index (Phi) is 5.28. The van der Waals surface area contributed by atoms with Crippen LogP contribution in [0.5, 0.6) is 0 Å². The Balaban J connectivity index is 2.07. The number of hydrogen-bond acceptors (Lipinski definition) is 6. The van der Waals surface area contributed by atoms with Crippen molar-refractivity contribution in [2.75, 3.05) is 6.61 Å². The number of aliphatic hydroxyl groups excluding tert-OH is 2. The van der Waals surface area contributed by atoms with Crippen LogP contribution in [0.2, 0.25) is 10.0 Å². The van der Waals surface area contributed by atoms with Crippen molar-refractivity contribution >= 4 is 46.4 Å².